The van der Waals surface area contributed by atoms with Crippen molar-refractivity contribution in [2.45, 2.75) is 31.4 Å². The van der Waals surface area contributed by atoms with Crippen LogP contribution in [0.5, 0.6) is 5.88 Å². The number of halogens is 3. The molecule has 1 amide bonds. The first-order valence-corrected chi connectivity index (χ1v) is 10.4. The van der Waals surface area contributed by atoms with Crippen LogP contribution in [0.4, 0.5) is 18.9 Å². The molecule has 0 fully saturated rings. The van der Waals surface area contributed by atoms with Gasteiger partial charge in [-0.15, -0.1) is 10.2 Å². The van der Waals surface area contributed by atoms with Gasteiger partial charge in [0.05, 0.1) is 11.3 Å². The zero-order valence-electron chi connectivity index (χ0n) is 16.6. The van der Waals surface area contributed by atoms with Gasteiger partial charge in [-0.25, -0.2) is 0 Å². The van der Waals surface area contributed by atoms with Crippen LogP contribution in [0, 0.1) is 0 Å². The number of rotatable bonds is 3. The third-order valence-corrected chi connectivity index (χ3v) is 5.38. The van der Waals surface area contributed by atoms with E-state index in [1.807, 2.05) is 6.92 Å². The Balaban J connectivity index is 1.99. The topological polar surface area (TPSA) is 68.2 Å². The molecule has 0 aliphatic carbocycles. The molecule has 1 aromatic heterocycles. The second-order valence-corrected chi connectivity index (χ2v) is 7.87. The highest BCUT2D eigenvalue weighted by atomic mass is 32.2. The number of carbonyl (C=O) groups is 1. The molecule has 1 aliphatic rings. The number of hydrogen-bond donors (Lipinski definition) is 0. The van der Waals surface area contributed by atoms with Gasteiger partial charge in [-0.05, 0) is 17.9 Å². The van der Waals surface area contributed by atoms with Crippen LogP contribution in [0.15, 0.2) is 53.7 Å². The maximum Gasteiger partial charge on any atom is 0.416 e. The van der Waals surface area contributed by atoms with Gasteiger partial charge in [-0.2, -0.15) is 18.2 Å². The van der Waals surface area contributed by atoms with Crippen LogP contribution >= 0.6 is 11.8 Å². The number of anilines is 1. The highest BCUT2D eigenvalue weighted by molar-refractivity contribution is 7.99. The first-order valence-electron chi connectivity index (χ1n) is 9.40. The van der Waals surface area contributed by atoms with Crippen LogP contribution in [0.2, 0.25) is 0 Å². The fraction of sp³-hybridized carbons (Fsp3) is 0.238. The average Bonchev–Trinajstić information content (AvgIpc) is 2.87. The van der Waals surface area contributed by atoms with Crippen LogP contribution < -0.4 is 9.64 Å². The molecule has 31 heavy (non-hydrogen) atoms. The van der Waals surface area contributed by atoms with Crippen molar-refractivity contribution in [3.8, 4) is 17.1 Å². The molecule has 0 spiro atoms. The minimum Gasteiger partial charge on any atom is -0.447 e. The number of thioether (sulfide) groups is 1. The summed E-state index contributed by atoms with van der Waals surface area (Å²) in [5.74, 6) is 0.208. The van der Waals surface area contributed by atoms with Gasteiger partial charge in [0.25, 0.3) is 0 Å². The van der Waals surface area contributed by atoms with Crippen molar-refractivity contribution in [2.75, 3.05) is 10.7 Å². The number of para-hydroxylation sites is 1. The Labute approximate surface area is 180 Å². The number of amides is 1. The lowest BCUT2D eigenvalue weighted by Gasteiger charge is -2.31. The van der Waals surface area contributed by atoms with E-state index in [4.69, 9.17) is 4.74 Å². The molecule has 1 atom stereocenters. The van der Waals surface area contributed by atoms with E-state index in [-0.39, 0.29) is 17.1 Å². The first kappa shape index (κ1) is 21.1. The standard InChI is InChI=1S/C21H17F3N4O2S/c1-3-31-20-25-18-17(26-27-20)14-9-5-7-11-16(14)28(12(2)29)19(30-18)13-8-4-6-10-15(13)21(22,23)24/h4-11,19H,3H2,1-2H3. The van der Waals surface area contributed by atoms with Gasteiger partial charge in [0, 0.05) is 18.1 Å². The minimum atomic E-state index is -4.63. The van der Waals surface area contributed by atoms with Crippen LogP contribution in [0.1, 0.15) is 31.2 Å². The van der Waals surface area contributed by atoms with Crippen molar-refractivity contribution >= 4 is 23.4 Å². The van der Waals surface area contributed by atoms with E-state index in [2.05, 4.69) is 15.2 Å². The summed E-state index contributed by atoms with van der Waals surface area (Å²) in [7, 11) is 0. The van der Waals surface area contributed by atoms with E-state index in [0.29, 0.717) is 22.2 Å². The molecule has 160 valence electrons. The third kappa shape index (κ3) is 3.95. The SMILES string of the molecule is CCSc1nnc2c(n1)OC(c1ccccc1C(F)(F)F)N(C(C)=O)c1ccccc1-2. The number of carbonyl (C=O) groups excluding carboxylic acids is 1. The second-order valence-electron chi connectivity index (χ2n) is 6.64. The van der Waals surface area contributed by atoms with Crippen molar-refractivity contribution in [1.29, 1.82) is 0 Å². The maximum absolute atomic E-state index is 13.8. The van der Waals surface area contributed by atoms with Crippen molar-refractivity contribution < 1.29 is 22.7 Å². The average molecular weight is 446 g/mol. The Hall–Kier alpha value is -3.14. The third-order valence-electron chi connectivity index (χ3n) is 4.66. The van der Waals surface area contributed by atoms with Crippen LogP contribution in [-0.2, 0) is 11.0 Å². The summed E-state index contributed by atoms with van der Waals surface area (Å²) in [5, 5.41) is 8.63. The minimum absolute atomic E-state index is 0.0177. The number of hydrogen-bond acceptors (Lipinski definition) is 6. The van der Waals surface area contributed by atoms with Crippen LogP contribution in [0.25, 0.3) is 11.3 Å². The van der Waals surface area contributed by atoms with Gasteiger partial charge in [-0.3, -0.25) is 9.69 Å². The van der Waals surface area contributed by atoms with Crippen molar-refractivity contribution in [3.05, 3.63) is 59.7 Å². The molecular formula is C21H17F3N4O2S. The highest BCUT2D eigenvalue weighted by Crippen LogP contribution is 2.45. The lowest BCUT2D eigenvalue weighted by Crippen LogP contribution is -2.37. The number of aromatic nitrogens is 3. The summed E-state index contributed by atoms with van der Waals surface area (Å²) >= 11 is 1.32. The Morgan fingerprint density at radius 2 is 1.84 bits per heavy atom. The van der Waals surface area contributed by atoms with Crippen LogP contribution in [0.3, 0.4) is 0 Å². The number of alkyl halides is 3. The molecule has 1 unspecified atom stereocenters. The predicted octanol–water partition coefficient (Wildman–Crippen LogP) is 5.11. The Bertz CT molecular complexity index is 1140. The lowest BCUT2D eigenvalue weighted by molar-refractivity contribution is -0.139. The smallest absolute Gasteiger partial charge is 0.416 e. The fourth-order valence-electron chi connectivity index (χ4n) is 3.42. The Morgan fingerprint density at radius 1 is 1.13 bits per heavy atom. The number of nitrogens with zero attached hydrogens (tertiary/aromatic N) is 4. The number of benzene rings is 2. The molecule has 3 aromatic rings. The Kier molecular flexibility index (Phi) is 5.57. The van der Waals surface area contributed by atoms with Crippen molar-refractivity contribution in [2.24, 2.45) is 0 Å². The summed E-state index contributed by atoms with van der Waals surface area (Å²) < 4.78 is 47.4. The summed E-state index contributed by atoms with van der Waals surface area (Å²) in [6, 6.07) is 11.8. The molecule has 0 bridgehead atoms. The molecular weight excluding hydrogens is 429 g/mol. The van der Waals surface area contributed by atoms with Gasteiger partial charge in [0.2, 0.25) is 23.2 Å². The second kappa shape index (κ2) is 8.18. The number of fused-ring (bicyclic) bond motifs is 3. The fourth-order valence-corrected chi connectivity index (χ4v) is 3.92. The van der Waals surface area contributed by atoms with E-state index < -0.39 is 23.9 Å². The molecule has 0 radical (unpaired) electrons. The van der Waals surface area contributed by atoms with Crippen molar-refractivity contribution in [3.63, 3.8) is 0 Å². The van der Waals surface area contributed by atoms with Gasteiger partial charge in [-0.1, -0.05) is 55.1 Å². The maximum atomic E-state index is 13.8. The Morgan fingerprint density at radius 3 is 2.55 bits per heavy atom. The summed E-state index contributed by atoms with van der Waals surface area (Å²) in [6.07, 6.45) is -6.03. The zero-order chi connectivity index (χ0) is 22.2. The van der Waals surface area contributed by atoms with E-state index in [0.717, 1.165) is 6.07 Å². The van der Waals surface area contributed by atoms with Gasteiger partial charge in [0.1, 0.15) is 0 Å². The normalized spacial score (nSPS) is 15.5. The van der Waals surface area contributed by atoms with E-state index in [9.17, 15) is 18.0 Å². The molecule has 2 aromatic carbocycles. The molecule has 6 nitrogen and oxygen atoms in total. The van der Waals surface area contributed by atoms with Gasteiger partial charge >= 0.3 is 6.18 Å². The predicted molar refractivity (Wildman–Crippen MR) is 110 cm³/mol. The highest BCUT2D eigenvalue weighted by Gasteiger charge is 2.41. The molecule has 4 rings (SSSR count). The number of ether oxygens (including phenoxy) is 1. The zero-order valence-corrected chi connectivity index (χ0v) is 17.4. The van der Waals surface area contributed by atoms with Gasteiger partial charge < -0.3 is 4.74 Å². The largest absolute Gasteiger partial charge is 0.447 e. The molecule has 10 heteroatoms. The lowest BCUT2D eigenvalue weighted by atomic mass is 10.0. The summed E-state index contributed by atoms with van der Waals surface area (Å²) in [5.41, 5.74) is 0.0262. The van der Waals surface area contributed by atoms with Crippen LogP contribution in [-0.4, -0.2) is 26.8 Å². The monoisotopic (exact) mass is 446 g/mol. The molecule has 0 saturated heterocycles. The summed E-state index contributed by atoms with van der Waals surface area (Å²) in [6.45, 7) is 3.19. The molecule has 0 N–H and O–H groups in total. The quantitative estimate of drug-likeness (QED) is 0.521. The molecule has 0 saturated carbocycles. The molecule has 1 aliphatic heterocycles. The van der Waals surface area contributed by atoms with E-state index in [1.54, 1.807) is 24.3 Å². The van der Waals surface area contributed by atoms with E-state index >= 15 is 0 Å². The van der Waals surface area contributed by atoms with Crippen molar-refractivity contribution in [1.82, 2.24) is 15.2 Å². The first-order chi connectivity index (χ1) is 14.8. The van der Waals surface area contributed by atoms with E-state index in [1.165, 1.54) is 41.8 Å². The molecule has 2 heterocycles. The summed E-state index contributed by atoms with van der Waals surface area (Å²) in [4.78, 5) is 18.2. The van der Waals surface area contributed by atoms with Gasteiger partial charge in [0.15, 0.2) is 5.69 Å².